The van der Waals surface area contributed by atoms with Gasteiger partial charge >= 0.3 is 11.9 Å². The number of carboxylic acid groups (broad SMARTS) is 1. The summed E-state index contributed by atoms with van der Waals surface area (Å²) in [4.78, 5) is 31.7. The summed E-state index contributed by atoms with van der Waals surface area (Å²) in [6.07, 6.45) is 3.74. The Hall–Kier alpha value is -3.38. The molecule has 39 heavy (non-hydrogen) atoms. The van der Waals surface area contributed by atoms with E-state index in [-0.39, 0.29) is 12.0 Å². The molecular weight excluding hydrogens is 560 g/mol. The van der Waals surface area contributed by atoms with Gasteiger partial charge in [-0.25, -0.2) is 4.98 Å². The number of halogens is 1. The van der Waals surface area contributed by atoms with Crippen LogP contribution in [-0.4, -0.2) is 37.9 Å². The number of rotatable bonds is 6. The predicted molar refractivity (Wildman–Crippen MR) is 153 cm³/mol. The Bertz CT molecular complexity index is 1530. The fourth-order valence-electron chi connectivity index (χ4n) is 5.69. The zero-order chi connectivity index (χ0) is 28.1. The normalized spacial score (nSPS) is 20.3. The van der Waals surface area contributed by atoms with Crippen LogP contribution in [0.25, 0.3) is 11.0 Å². The minimum atomic E-state index is -0.762. The number of hydrogen-bond donors (Lipinski definition) is 1. The number of benzene rings is 1. The molecule has 1 amide bonds. The minimum absolute atomic E-state index is 0.182. The van der Waals surface area contributed by atoms with Crippen molar-refractivity contribution >= 4 is 50.3 Å². The highest BCUT2D eigenvalue weighted by Crippen LogP contribution is 2.47. The minimum Gasteiger partial charge on any atom is -0.481 e. The van der Waals surface area contributed by atoms with Gasteiger partial charge in [0, 0.05) is 11.5 Å². The van der Waals surface area contributed by atoms with Crippen LogP contribution >= 0.6 is 15.9 Å². The van der Waals surface area contributed by atoms with Crippen LogP contribution < -0.4 is 9.64 Å². The fourth-order valence-corrected chi connectivity index (χ4v) is 6.05. The van der Waals surface area contributed by atoms with Crippen LogP contribution in [0.4, 0.5) is 11.5 Å². The Labute approximate surface area is 236 Å². The summed E-state index contributed by atoms with van der Waals surface area (Å²) in [5.74, 6) is 5.15. The zero-order valence-corrected chi connectivity index (χ0v) is 24.5. The van der Waals surface area contributed by atoms with Crippen molar-refractivity contribution in [2.75, 3.05) is 4.90 Å². The van der Waals surface area contributed by atoms with E-state index in [1.165, 1.54) is 0 Å². The van der Waals surface area contributed by atoms with Crippen LogP contribution in [0.1, 0.15) is 69.9 Å². The maximum absolute atomic E-state index is 13.4. The van der Waals surface area contributed by atoms with Gasteiger partial charge in [-0.3, -0.25) is 19.2 Å². The molecule has 0 spiro atoms. The second kappa shape index (κ2) is 10.3. The van der Waals surface area contributed by atoms with E-state index in [2.05, 4.69) is 38.9 Å². The number of aliphatic carboxylic acids is 1. The molecular formula is C30H33BrN4O4. The average molecular weight is 594 g/mol. The van der Waals surface area contributed by atoms with E-state index < -0.39 is 17.3 Å². The van der Waals surface area contributed by atoms with Gasteiger partial charge in [0.1, 0.15) is 11.9 Å². The molecule has 0 bridgehead atoms. The first kappa shape index (κ1) is 27.2. The number of amides is 1. The summed E-state index contributed by atoms with van der Waals surface area (Å²) in [5, 5.41) is 14.2. The number of pyridine rings is 1. The zero-order valence-electron chi connectivity index (χ0n) is 22.9. The van der Waals surface area contributed by atoms with Crippen LogP contribution in [0.15, 0.2) is 28.7 Å². The maximum Gasteiger partial charge on any atom is 0.308 e. The molecule has 1 N–H and O–H groups in total. The summed E-state index contributed by atoms with van der Waals surface area (Å²) in [7, 11) is 1.83. The van der Waals surface area contributed by atoms with Gasteiger partial charge in [0.2, 0.25) is 0 Å². The molecule has 2 aromatic heterocycles. The molecule has 2 saturated carbocycles. The maximum atomic E-state index is 13.4. The number of carbonyl (C=O) groups excluding carboxylic acids is 1. The number of aryl methyl sites for hydroxylation is 2. The Balaban J connectivity index is 1.55. The molecule has 5 rings (SSSR count). The third-order valence-electron chi connectivity index (χ3n) is 7.93. The summed E-state index contributed by atoms with van der Waals surface area (Å²) >= 11 is 3.65. The van der Waals surface area contributed by atoms with Crippen molar-refractivity contribution in [3.8, 4) is 17.7 Å². The lowest BCUT2D eigenvalue weighted by Gasteiger charge is -2.39. The highest BCUT2D eigenvalue weighted by Gasteiger charge is 2.42. The number of aromatic nitrogens is 3. The van der Waals surface area contributed by atoms with Crippen molar-refractivity contribution in [1.29, 1.82) is 0 Å². The number of carbonyl (C=O) groups is 2. The second-order valence-electron chi connectivity index (χ2n) is 11.3. The number of hydrogen-bond acceptors (Lipinski definition) is 5. The lowest BCUT2D eigenvalue weighted by Crippen LogP contribution is -2.41. The summed E-state index contributed by atoms with van der Waals surface area (Å²) in [6, 6.07) is 7.83. The Kier molecular flexibility index (Phi) is 7.19. The standard InChI is InChI=1S/C30H33BrN4O4/c1-6-7-26(36)35(24-14-17(2)22(31)15-20(24)18-8-9-18)25-13-12-23-27(32-25)28(33-34(23)5)39-19-10-11-21(29(37)38)30(3,4)16-19/h12-15,18-19,21H,8-11,16H2,1-5H3,(H,37,38)/t19-,21+/m0/s1. The third-order valence-corrected chi connectivity index (χ3v) is 8.79. The Morgan fingerprint density at radius 1 is 1.21 bits per heavy atom. The molecule has 0 aliphatic heterocycles. The lowest BCUT2D eigenvalue weighted by atomic mass is 9.68. The van der Waals surface area contributed by atoms with Crippen molar-refractivity contribution in [3.05, 3.63) is 39.9 Å². The Morgan fingerprint density at radius 2 is 1.95 bits per heavy atom. The first-order valence-electron chi connectivity index (χ1n) is 13.3. The van der Waals surface area contributed by atoms with Gasteiger partial charge in [-0.05, 0) is 98.6 Å². The van der Waals surface area contributed by atoms with Gasteiger partial charge in [0.25, 0.3) is 5.88 Å². The van der Waals surface area contributed by atoms with E-state index in [1.54, 1.807) is 16.5 Å². The average Bonchev–Trinajstić information content (AvgIpc) is 3.66. The highest BCUT2D eigenvalue weighted by molar-refractivity contribution is 9.10. The molecule has 2 fully saturated rings. The number of ether oxygens (including phenoxy) is 1. The molecule has 2 aliphatic carbocycles. The fraction of sp³-hybridized carbons (Fsp3) is 0.467. The summed E-state index contributed by atoms with van der Waals surface area (Å²) < 4.78 is 9.11. The predicted octanol–water partition coefficient (Wildman–Crippen LogP) is 6.26. The van der Waals surface area contributed by atoms with Gasteiger partial charge in [-0.2, -0.15) is 0 Å². The van der Waals surface area contributed by atoms with Gasteiger partial charge in [-0.15, -0.1) is 5.10 Å². The molecule has 9 heteroatoms. The van der Waals surface area contributed by atoms with Crippen LogP contribution in [0.2, 0.25) is 0 Å². The Morgan fingerprint density at radius 3 is 2.59 bits per heavy atom. The van der Waals surface area contributed by atoms with E-state index >= 15 is 0 Å². The van der Waals surface area contributed by atoms with Crippen LogP contribution in [-0.2, 0) is 16.6 Å². The lowest BCUT2D eigenvalue weighted by molar-refractivity contribution is -0.149. The molecule has 2 atom stereocenters. The number of fused-ring (bicyclic) bond motifs is 1. The quantitative estimate of drug-likeness (QED) is 0.339. The third kappa shape index (κ3) is 5.27. The van der Waals surface area contributed by atoms with Crippen molar-refractivity contribution in [1.82, 2.24) is 14.8 Å². The molecule has 3 aromatic rings. The topological polar surface area (TPSA) is 97.6 Å². The van der Waals surface area contributed by atoms with Crippen molar-refractivity contribution in [2.24, 2.45) is 18.4 Å². The molecule has 204 valence electrons. The molecule has 0 saturated heterocycles. The van der Waals surface area contributed by atoms with Crippen molar-refractivity contribution in [2.45, 2.75) is 71.8 Å². The van der Waals surface area contributed by atoms with Crippen molar-refractivity contribution < 1.29 is 19.4 Å². The highest BCUT2D eigenvalue weighted by atomic mass is 79.9. The van der Waals surface area contributed by atoms with Gasteiger partial charge in [-0.1, -0.05) is 35.7 Å². The van der Waals surface area contributed by atoms with E-state index in [9.17, 15) is 14.7 Å². The second-order valence-corrected chi connectivity index (χ2v) is 12.2. The summed E-state index contributed by atoms with van der Waals surface area (Å²) in [6.45, 7) is 7.60. The molecule has 8 nitrogen and oxygen atoms in total. The molecule has 2 aliphatic rings. The van der Waals surface area contributed by atoms with Crippen molar-refractivity contribution in [3.63, 3.8) is 0 Å². The number of carboxylic acids is 1. The van der Waals surface area contributed by atoms with E-state index in [0.29, 0.717) is 42.4 Å². The largest absolute Gasteiger partial charge is 0.481 e. The SMILES string of the molecule is CC#CC(=O)N(c1ccc2c(n1)c(O[C@H]1CC[C@H](C(=O)O)C(C)(C)C1)nn2C)c1cc(C)c(Br)cc1C1CC1. The summed E-state index contributed by atoms with van der Waals surface area (Å²) in [5.41, 5.74) is 3.83. The molecule has 1 aromatic carbocycles. The number of nitrogens with zero attached hydrogens (tertiary/aromatic N) is 4. The molecule has 0 radical (unpaired) electrons. The molecule has 2 heterocycles. The van der Waals surface area contributed by atoms with E-state index in [4.69, 9.17) is 9.72 Å². The van der Waals surface area contributed by atoms with Gasteiger partial charge in [0.05, 0.1) is 17.1 Å². The molecule has 0 unspecified atom stereocenters. The smallest absolute Gasteiger partial charge is 0.308 e. The van der Waals surface area contributed by atoms with Gasteiger partial charge in [0.15, 0.2) is 5.52 Å². The van der Waals surface area contributed by atoms with Crippen LogP contribution in [0.3, 0.4) is 0 Å². The number of anilines is 2. The monoisotopic (exact) mass is 592 g/mol. The van der Waals surface area contributed by atoms with E-state index in [1.807, 2.05) is 46.0 Å². The van der Waals surface area contributed by atoms with Crippen LogP contribution in [0.5, 0.6) is 5.88 Å². The first-order valence-corrected chi connectivity index (χ1v) is 14.1. The first-order chi connectivity index (χ1) is 18.5. The van der Waals surface area contributed by atoms with Crippen LogP contribution in [0, 0.1) is 30.1 Å². The van der Waals surface area contributed by atoms with Gasteiger partial charge < -0.3 is 9.84 Å². The van der Waals surface area contributed by atoms with E-state index in [0.717, 1.165) is 39.6 Å².